The van der Waals surface area contributed by atoms with E-state index in [9.17, 15) is 4.79 Å². The lowest BCUT2D eigenvalue weighted by Gasteiger charge is -2.07. The zero-order valence-corrected chi connectivity index (χ0v) is 13.0. The van der Waals surface area contributed by atoms with Crippen LogP contribution in [-0.4, -0.2) is 19.1 Å². The normalized spacial score (nSPS) is 10.2. The van der Waals surface area contributed by atoms with Crippen LogP contribution in [0.25, 0.3) is 0 Å². The standard InChI is InChI=1S/C13H13IN2O2S/c14-12-6-9(8-19-12)13(17)16-4-5-18-11-3-1-2-10(15)7-11/h1-3,6-8H,4-5,15H2,(H,16,17). The molecule has 0 aliphatic rings. The maximum absolute atomic E-state index is 11.7. The van der Waals surface area contributed by atoms with Crippen molar-refractivity contribution in [3.8, 4) is 5.75 Å². The second kappa shape index (κ2) is 6.76. The maximum atomic E-state index is 11.7. The lowest BCUT2D eigenvalue weighted by atomic mass is 10.3. The van der Waals surface area contributed by atoms with Gasteiger partial charge in [0.05, 0.1) is 15.0 Å². The van der Waals surface area contributed by atoms with Gasteiger partial charge in [-0.15, -0.1) is 11.3 Å². The van der Waals surface area contributed by atoms with Crippen LogP contribution < -0.4 is 15.8 Å². The van der Waals surface area contributed by atoms with E-state index in [1.165, 1.54) is 0 Å². The number of nitrogen functional groups attached to an aromatic ring is 1. The molecular weight excluding hydrogens is 375 g/mol. The fraction of sp³-hybridized carbons (Fsp3) is 0.154. The number of nitrogens with two attached hydrogens (primary N) is 1. The lowest BCUT2D eigenvalue weighted by Crippen LogP contribution is -2.27. The van der Waals surface area contributed by atoms with Crippen LogP contribution in [0.5, 0.6) is 5.75 Å². The molecule has 3 N–H and O–H groups in total. The van der Waals surface area contributed by atoms with Crippen molar-refractivity contribution in [3.63, 3.8) is 0 Å². The van der Waals surface area contributed by atoms with E-state index in [0.717, 1.165) is 2.88 Å². The predicted octanol–water partition coefficient (Wildman–Crippen LogP) is 2.74. The van der Waals surface area contributed by atoms with Gasteiger partial charge in [-0.1, -0.05) is 6.07 Å². The number of ether oxygens (including phenoxy) is 1. The zero-order valence-electron chi connectivity index (χ0n) is 10.1. The SMILES string of the molecule is Nc1cccc(OCCNC(=O)c2csc(I)c2)c1. The van der Waals surface area contributed by atoms with E-state index < -0.39 is 0 Å². The molecule has 2 rings (SSSR count). The Balaban J connectivity index is 1.74. The summed E-state index contributed by atoms with van der Waals surface area (Å²) in [6.45, 7) is 0.872. The van der Waals surface area contributed by atoms with Gasteiger partial charge in [-0.05, 0) is 40.8 Å². The number of halogens is 1. The van der Waals surface area contributed by atoms with Crippen LogP contribution in [0.2, 0.25) is 0 Å². The van der Waals surface area contributed by atoms with Gasteiger partial charge in [0.1, 0.15) is 12.4 Å². The molecule has 2 aromatic rings. The number of amides is 1. The summed E-state index contributed by atoms with van der Waals surface area (Å²) in [7, 11) is 0. The van der Waals surface area contributed by atoms with Crippen molar-refractivity contribution < 1.29 is 9.53 Å². The Morgan fingerprint density at radius 3 is 2.95 bits per heavy atom. The first-order valence-corrected chi connectivity index (χ1v) is 7.61. The molecule has 0 atom stereocenters. The third kappa shape index (κ3) is 4.39. The quantitative estimate of drug-likeness (QED) is 0.471. The molecule has 6 heteroatoms. The molecule has 4 nitrogen and oxygen atoms in total. The maximum Gasteiger partial charge on any atom is 0.252 e. The minimum absolute atomic E-state index is 0.0738. The third-order valence-electron chi connectivity index (χ3n) is 2.34. The lowest BCUT2D eigenvalue weighted by molar-refractivity contribution is 0.0947. The van der Waals surface area contributed by atoms with Gasteiger partial charge in [0.15, 0.2) is 0 Å². The largest absolute Gasteiger partial charge is 0.492 e. The van der Waals surface area contributed by atoms with Gasteiger partial charge in [-0.2, -0.15) is 0 Å². The van der Waals surface area contributed by atoms with Gasteiger partial charge < -0.3 is 15.8 Å². The highest BCUT2D eigenvalue weighted by Crippen LogP contribution is 2.16. The van der Waals surface area contributed by atoms with Gasteiger partial charge in [0.25, 0.3) is 5.91 Å². The fourth-order valence-electron chi connectivity index (χ4n) is 1.47. The number of carbonyl (C=O) groups excluding carboxylic acids is 1. The Labute approximate surface area is 129 Å². The highest BCUT2D eigenvalue weighted by Gasteiger charge is 2.06. The highest BCUT2D eigenvalue weighted by atomic mass is 127. The number of nitrogens with one attached hydrogen (secondary N) is 1. The average Bonchev–Trinajstić information content (AvgIpc) is 2.81. The monoisotopic (exact) mass is 388 g/mol. The van der Waals surface area contributed by atoms with Crippen LogP contribution in [0, 0.1) is 2.88 Å². The third-order valence-corrected chi connectivity index (χ3v) is 4.13. The van der Waals surface area contributed by atoms with Crippen molar-refractivity contribution in [2.45, 2.75) is 0 Å². The molecule has 0 saturated heterocycles. The summed E-state index contributed by atoms with van der Waals surface area (Å²) in [5.74, 6) is 0.634. The summed E-state index contributed by atoms with van der Waals surface area (Å²) >= 11 is 3.74. The average molecular weight is 388 g/mol. The first-order chi connectivity index (χ1) is 9.15. The van der Waals surface area contributed by atoms with Crippen molar-refractivity contribution in [1.29, 1.82) is 0 Å². The van der Waals surface area contributed by atoms with E-state index in [1.807, 2.05) is 23.6 Å². The Hall–Kier alpha value is -1.28. The number of thiophene rings is 1. The van der Waals surface area contributed by atoms with E-state index >= 15 is 0 Å². The van der Waals surface area contributed by atoms with Gasteiger partial charge in [0, 0.05) is 17.1 Å². The summed E-state index contributed by atoms with van der Waals surface area (Å²) in [5.41, 5.74) is 6.99. The number of hydrogen-bond acceptors (Lipinski definition) is 4. The molecule has 100 valence electrons. The van der Waals surface area contributed by atoms with Gasteiger partial charge >= 0.3 is 0 Å². The Morgan fingerprint density at radius 1 is 1.42 bits per heavy atom. The number of hydrogen-bond donors (Lipinski definition) is 2. The topological polar surface area (TPSA) is 64.3 Å². The van der Waals surface area contributed by atoms with E-state index in [1.54, 1.807) is 23.5 Å². The Morgan fingerprint density at radius 2 is 2.26 bits per heavy atom. The fourth-order valence-corrected chi connectivity index (χ4v) is 2.80. The molecule has 0 unspecified atom stereocenters. The van der Waals surface area contributed by atoms with Crippen LogP contribution in [0.4, 0.5) is 5.69 Å². The molecule has 1 aromatic heterocycles. The smallest absolute Gasteiger partial charge is 0.252 e. The van der Waals surface area contributed by atoms with Crippen LogP contribution in [0.1, 0.15) is 10.4 Å². The van der Waals surface area contributed by atoms with Crippen molar-refractivity contribution in [1.82, 2.24) is 5.32 Å². The highest BCUT2D eigenvalue weighted by molar-refractivity contribution is 14.1. The molecule has 0 bridgehead atoms. The minimum atomic E-state index is -0.0738. The second-order valence-corrected chi connectivity index (χ2v) is 6.62. The minimum Gasteiger partial charge on any atom is -0.492 e. The number of anilines is 1. The van der Waals surface area contributed by atoms with Crippen LogP contribution in [0.15, 0.2) is 35.7 Å². The molecular formula is C13H13IN2O2S. The van der Waals surface area contributed by atoms with Crippen molar-refractivity contribution in [3.05, 3.63) is 44.2 Å². The van der Waals surface area contributed by atoms with E-state index in [4.69, 9.17) is 10.5 Å². The summed E-state index contributed by atoms with van der Waals surface area (Å²) in [6.07, 6.45) is 0. The molecule has 0 spiro atoms. The van der Waals surface area contributed by atoms with E-state index in [0.29, 0.717) is 30.2 Å². The van der Waals surface area contributed by atoms with Crippen LogP contribution in [0.3, 0.4) is 0 Å². The molecule has 0 saturated carbocycles. The second-order valence-electron chi connectivity index (χ2n) is 3.82. The number of rotatable bonds is 5. The van der Waals surface area contributed by atoms with Gasteiger partial charge in [-0.25, -0.2) is 0 Å². The predicted molar refractivity (Wildman–Crippen MR) is 85.7 cm³/mol. The summed E-state index contributed by atoms with van der Waals surface area (Å²) in [5, 5.41) is 4.65. The molecule has 0 radical (unpaired) electrons. The summed E-state index contributed by atoms with van der Waals surface area (Å²) in [6, 6.07) is 9.07. The van der Waals surface area contributed by atoms with Crippen molar-refractivity contribution in [2.24, 2.45) is 0 Å². The molecule has 0 fully saturated rings. The van der Waals surface area contributed by atoms with Gasteiger partial charge in [0.2, 0.25) is 0 Å². The van der Waals surface area contributed by atoms with Gasteiger partial charge in [-0.3, -0.25) is 4.79 Å². The van der Waals surface area contributed by atoms with Crippen molar-refractivity contribution >= 4 is 45.5 Å². The molecule has 1 heterocycles. The van der Waals surface area contributed by atoms with E-state index in [-0.39, 0.29) is 5.91 Å². The molecule has 1 aromatic carbocycles. The first-order valence-electron chi connectivity index (χ1n) is 5.66. The number of carbonyl (C=O) groups is 1. The number of benzene rings is 1. The molecule has 1 amide bonds. The molecule has 0 aliphatic heterocycles. The van der Waals surface area contributed by atoms with Crippen molar-refractivity contribution in [2.75, 3.05) is 18.9 Å². The van der Waals surface area contributed by atoms with E-state index in [2.05, 4.69) is 27.9 Å². The summed E-state index contributed by atoms with van der Waals surface area (Å²) < 4.78 is 6.58. The summed E-state index contributed by atoms with van der Waals surface area (Å²) in [4.78, 5) is 11.7. The molecule has 19 heavy (non-hydrogen) atoms. The van der Waals surface area contributed by atoms with Crippen LogP contribution >= 0.6 is 33.9 Å². The zero-order chi connectivity index (χ0) is 13.7. The Kier molecular flexibility index (Phi) is 5.03. The Bertz CT molecular complexity index is 571. The van der Waals surface area contributed by atoms with Crippen LogP contribution in [-0.2, 0) is 0 Å². The molecule has 0 aliphatic carbocycles. The first kappa shape index (κ1) is 14.1.